The van der Waals surface area contributed by atoms with Gasteiger partial charge in [0.25, 0.3) is 0 Å². The fourth-order valence-corrected chi connectivity index (χ4v) is 3.68. The van der Waals surface area contributed by atoms with Crippen molar-refractivity contribution < 1.29 is 14.6 Å². The van der Waals surface area contributed by atoms with Gasteiger partial charge in [-0.05, 0) is 32.1 Å². The Labute approximate surface area is 88.2 Å². The van der Waals surface area contributed by atoms with Crippen LogP contribution in [0.4, 0.5) is 0 Å². The van der Waals surface area contributed by atoms with E-state index in [0.717, 1.165) is 45.3 Å². The van der Waals surface area contributed by atoms with Crippen LogP contribution in [0.1, 0.15) is 32.1 Å². The average Bonchev–Trinajstić information content (AvgIpc) is 2.12. The summed E-state index contributed by atoms with van der Waals surface area (Å²) in [7, 11) is 0. The van der Waals surface area contributed by atoms with E-state index in [2.05, 4.69) is 0 Å². The number of thioether (sulfide) groups is 1. The molecule has 1 heterocycles. The minimum absolute atomic E-state index is 0.442. The molecule has 2 rings (SSSR count). The fourth-order valence-electron chi connectivity index (χ4n) is 1.99. The van der Waals surface area contributed by atoms with Crippen molar-refractivity contribution in [2.75, 3.05) is 13.2 Å². The van der Waals surface area contributed by atoms with E-state index >= 15 is 0 Å². The maximum Gasteiger partial charge on any atom is 0.319 e. The molecule has 2 aliphatic rings. The summed E-state index contributed by atoms with van der Waals surface area (Å²) >= 11 is 1.68. The van der Waals surface area contributed by atoms with Crippen LogP contribution in [-0.4, -0.2) is 34.3 Å². The Hall–Kier alpha value is -0.220. The summed E-state index contributed by atoms with van der Waals surface area (Å²) in [6, 6.07) is 0. The molecule has 0 spiro atoms. The second-order valence-corrected chi connectivity index (χ2v) is 5.77. The standard InChI is InChI=1S/C10H16O3S/c11-9(12)10(4-1-5-10)14-8-2-6-13-7-3-8/h8H,1-7H2,(H,11,12). The average molecular weight is 216 g/mol. The Kier molecular flexibility index (Phi) is 3.02. The summed E-state index contributed by atoms with van der Waals surface area (Å²) in [6.45, 7) is 1.60. The number of rotatable bonds is 3. The van der Waals surface area contributed by atoms with Crippen molar-refractivity contribution in [3.8, 4) is 0 Å². The van der Waals surface area contributed by atoms with Crippen LogP contribution >= 0.6 is 11.8 Å². The molecule has 1 aliphatic carbocycles. The lowest BCUT2D eigenvalue weighted by Gasteiger charge is -2.40. The third-order valence-corrected chi connectivity index (χ3v) is 4.95. The van der Waals surface area contributed by atoms with Gasteiger partial charge in [0.05, 0.1) is 0 Å². The molecule has 0 radical (unpaired) electrons. The first kappa shape index (κ1) is 10.3. The Morgan fingerprint density at radius 2 is 2.00 bits per heavy atom. The van der Waals surface area contributed by atoms with Crippen molar-refractivity contribution in [2.45, 2.75) is 42.1 Å². The number of carboxylic acid groups (broad SMARTS) is 1. The number of hydrogen-bond acceptors (Lipinski definition) is 3. The van der Waals surface area contributed by atoms with E-state index in [0.29, 0.717) is 5.25 Å². The molecule has 3 nitrogen and oxygen atoms in total. The molecule has 1 aliphatic heterocycles. The van der Waals surface area contributed by atoms with Crippen molar-refractivity contribution in [3.05, 3.63) is 0 Å². The van der Waals surface area contributed by atoms with E-state index in [-0.39, 0.29) is 0 Å². The smallest absolute Gasteiger partial charge is 0.319 e. The number of hydrogen-bond donors (Lipinski definition) is 1. The lowest BCUT2D eigenvalue weighted by molar-refractivity contribution is -0.142. The second kappa shape index (κ2) is 4.11. The largest absolute Gasteiger partial charge is 0.480 e. The van der Waals surface area contributed by atoms with Gasteiger partial charge in [-0.3, -0.25) is 4.79 Å². The van der Waals surface area contributed by atoms with E-state index in [1.165, 1.54) is 0 Å². The zero-order valence-electron chi connectivity index (χ0n) is 8.20. The molecule has 0 atom stereocenters. The lowest BCUT2D eigenvalue weighted by Crippen LogP contribution is -2.44. The molecule has 0 unspecified atom stereocenters. The summed E-state index contributed by atoms with van der Waals surface area (Å²) in [4.78, 5) is 11.1. The topological polar surface area (TPSA) is 46.5 Å². The highest BCUT2D eigenvalue weighted by Crippen LogP contribution is 2.47. The summed E-state index contributed by atoms with van der Waals surface area (Å²) in [5.41, 5.74) is 0. The van der Waals surface area contributed by atoms with Gasteiger partial charge in [-0.25, -0.2) is 0 Å². The predicted octanol–water partition coefficient (Wildman–Crippen LogP) is 1.91. The van der Waals surface area contributed by atoms with Crippen molar-refractivity contribution in [2.24, 2.45) is 0 Å². The molecule has 0 aromatic heterocycles. The molecule has 0 aromatic rings. The molecule has 1 saturated heterocycles. The van der Waals surface area contributed by atoms with Crippen LogP contribution in [0, 0.1) is 0 Å². The number of carboxylic acids is 1. The van der Waals surface area contributed by atoms with Crippen LogP contribution in [0.2, 0.25) is 0 Å². The Balaban J connectivity index is 1.90. The maximum atomic E-state index is 11.1. The molecule has 1 N–H and O–H groups in total. The molecule has 14 heavy (non-hydrogen) atoms. The van der Waals surface area contributed by atoms with Gasteiger partial charge >= 0.3 is 5.97 Å². The first-order chi connectivity index (χ1) is 6.73. The van der Waals surface area contributed by atoms with E-state index in [9.17, 15) is 4.79 Å². The summed E-state index contributed by atoms with van der Waals surface area (Å²) in [6.07, 6.45) is 4.80. The van der Waals surface area contributed by atoms with Crippen LogP contribution in [-0.2, 0) is 9.53 Å². The second-order valence-electron chi connectivity index (χ2n) is 4.08. The highest BCUT2D eigenvalue weighted by molar-refractivity contribution is 8.02. The SMILES string of the molecule is O=C(O)C1(SC2CCOCC2)CCC1. The molecular weight excluding hydrogens is 200 g/mol. The molecule has 80 valence electrons. The van der Waals surface area contributed by atoms with Crippen molar-refractivity contribution in [1.29, 1.82) is 0 Å². The Morgan fingerprint density at radius 1 is 1.36 bits per heavy atom. The molecule has 2 fully saturated rings. The maximum absolute atomic E-state index is 11.1. The molecule has 1 saturated carbocycles. The van der Waals surface area contributed by atoms with E-state index in [1.807, 2.05) is 0 Å². The van der Waals surface area contributed by atoms with Gasteiger partial charge in [-0.1, -0.05) is 0 Å². The summed E-state index contributed by atoms with van der Waals surface area (Å²) in [5, 5.41) is 9.66. The van der Waals surface area contributed by atoms with Crippen LogP contribution in [0.25, 0.3) is 0 Å². The van der Waals surface area contributed by atoms with E-state index in [4.69, 9.17) is 9.84 Å². The first-order valence-electron chi connectivity index (χ1n) is 5.22. The Bertz CT molecular complexity index is 219. The number of aliphatic carboxylic acids is 1. The molecular formula is C10H16O3S. The predicted molar refractivity (Wildman–Crippen MR) is 55.6 cm³/mol. The number of carbonyl (C=O) groups is 1. The van der Waals surface area contributed by atoms with E-state index < -0.39 is 10.7 Å². The van der Waals surface area contributed by atoms with Crippen LogP contribution < -0.4 is 0 Å². The molecule has 0 aromatic carbocycles. The normalized spacial score (nSPS) is 26.9. The quantitative estimate of drug-likeness (QED) is 0.782. The zero-order chi connectivity index (χ0) is 10.0. The molecule has 0 amide bonds. The van der Waals surface area contributed by atoms with Crippen molar-refractivity contribution >= 4 is 17.7 Å². The fraction of sp³-hybridized carbons (Fsp3) is 0.900. The third kappa shape index (κ3) is 1.91. The summed E-state index contributed by atoms with van der Waals surface area (Å²) < 4.78 is 4.82. The first-order valence-corrected chi connectivity index (χ1v) is 6.10. The number of ether oxygens (including phenoxy) is 1. The van der Waals surface area contributed by atoms with E-state index in [1.54, 1.807) is 11.8 Å². The van der Waals surface area contributed by atoms with Gasteiger partial charge in [-0.15, -0.1) is 11.8 Å². The van der Waals surface area contributed by atoms with Gasteiger partial charge < -0.3 is 9.84 Å². The van der Waals surface area contributed by atoms with Gasteiger partial charge in [0.15, 0.2) is 0 Å². The zero-order valence-corrected chi connectivity index (χ0v) is 9.02. The van der Waals surface area contributed by atoms with Crippen LogP contribution in [0.3, 0.4) is 0 Å². The minimum Gasteiger partial charge on any atom is -0.480 e. The third-order valence-electron chi connectivity index (χ3n) is 3.11. The highest BCUT2D eigenvalue weighted by atomic mass is 32.2. The lowest BCUT2D eigenvalue weighted by atomic mass is 9.84. The highest BCUT2D eigenvalue weighted by Gasteiger charge is 2.46. The van der Waals surface area contributed by atoms with Crippen molar-refractivity contribution in [3.63, 3.8) is 0 Å². The van der Waals surface area contributed by atoms with Gasteiger partial charge in [0.1, 0.15) is 4.75 Å². The molecule has 0 bridgehead atoms. The van der Waals surface area contributed by atoms with Gasteiger partial charge in [0, 0.05) is 18.5 Å². The van der Waals surface area contributed by atoms with Crippen LogP contribution in [0.5, 0.6) is 0 Å². The Morgan fingerprint density at radius 3 is 2.43 bits per heavy atom. The van der Waals surface area contributed by atoms with Gasteiger partial charge in [-0.2, -0.15) is 0 Å². The molecule has 4 heteroatoms. The van der Waals surface area contributed by atoms with Gasteiger partial charge in [0.2, 0.25) is 0 Å². The monoisotopic (exact) mass is 216 g/mol. The summed E-state index contributed by atoms with van der Waals surface area (Å²) in [5.74, 6) is -0.611. The van der Waals surface area contributed by atoms with Crippen LogP contribution in [0.15, 0.2) is 0 Å². The minimum atomic E-state index is -0.611. The van der Waals surface area contributed by atoms with Crippen molar-refractivity contribution in [1.82, 2.24) is 0 Å².